The first-order valence-electron chi connectivity index (χ1n) is 8.94. The molecule has 1 aliphatic rings. The number of aromatic amines is 1. The van der Waals surface area contributed by atoms with E-state index in [4.69, 9.17) is 4.74 Å². The lowest BCUT2D eigenvalue weighted by atomic mass is 10.1. The van der Waals surface area contributed by atoms with Crippen LogP contribution in [-0.4, -0.2) is 66.4 Å². The van der Waals surface area contributed by atoms with Crippen LogP contribution in [0.15, 0.2) is 24.4 Å². The summed E-state index contributed by atoms with van der Waals surface area (Å²) in [6.45, 7) is 6.04. The molecule has 1 amide bonds. The van der Waals surface area contributed by atoms with Crippen LogP contribution in [-0.2, 0) is 16.0 Å². The first-order valence-corrected chi connectivity index (χ1v) is 8.94. The monoisotopic (exact) mass is 345 g/mol. The number of aliphatic hydroxyl groups excluding tert-OH is 1. The van der Waals surface area contributed by atoms with E-state index >= 15 is 0 Å². The van der Waals surface area contributed by atoms with Crippen LogP contribution in [0.3, 0.4) is 0 Å². The Kier molecular flexibility index (Phi) is 6.07. The average Bonchev–Trinajstić information content (AvgIpc) is 3.03. The molecule has 0 saturated carbocycles. The SMILES string of the molecule is Cc1cccc2c(CCC(=O)NCC(O)CN3CCOCC3)c[nH]c12. The summed E-state index contributed by atoms with van der Waals surface area (Å²) in [6.07, 6.45) is 2.55. The predicted molar refractivity (Wildman–Crippen MR) is 97.6 cm³/mol. The minimum absolute atomic E-state index is 0.0250. The zero-order valence-corrected chi connectivity index (χ0v) is 14.8. The summed E-state index contributed by atoms with van der Waals surface area (Å²) >= 11 is 0. The van der Waals surface area contributed by atoms with Crippen LogP contribution in [0, 0.1) is 6.92 Å². The maximum absolute atomic E-state index is 12.1. The van der Waals surface area contributed by atoms with Crippen molar-refractivity contribution in [3.05, 3.63) is 35.5 Å². The van der Waals surface area contributed by atoms with E-state index in [0.29, 0.717) is 39.1 Å². The lowest BCUT2D eigenvalue weighted by Crippen LogP contribution is -2.44. The van der Waals surface area contributed by atoms with Gasteiger partial charge in [0.1, 0.15) is 0 Å². The highest BCUT2D eigenvalue weighted by Gasteiger charge is 2.15. The third-order valence-electron chi connectivity index (χ3n) is 4.74. The number of ether oxygens (including phenoxy) is 1. The van der Waals surface area contributed by atoms with Gasteiger partial charge < -0.3 is 20.1 Å². The molecule has 0 radical (unpaired) electrons. The van der Waals surface area contributed by atoms with Crippen LogP contribution in [0.1, 0.15) is 17.5 Å². The van der Waals surface area contributed by atoms with E-state index in [9.17, 15) is 9.90 Å². The van der Waals surface area contributed by atoms with Crippen molar-refractivity contribution in [2.45, 2.75) is 25.9 Å². The Hall–Kier alpha value is -1.89. The number of aromatic nitrogens is 1. The van der Waals surface area contributed by atoms with E-state index in [2.05, 4.69) is 34.3 Å². The number of aryl methyl sites for hydroxylation is 2. The molecule has 1 aliphatic heterocycles. The summed E-state index contributed by atoms with van der Waals surface area (Å²) in [5, 5.41) is 14.1. The topological polar surface area (TPSA) is 77.6 Å². The van der Waals surface area contributed by atoms with Gasteiger partial charge in [0.25, 0.3) is 0 Å². The average molecular weight is 345 g/mol. The van der Waals surface area contributed by atoms with Gasteiger partial charge >= 0.3 is 0 Å². The first kappa shape index (κ1) is 17.9. The largest absolute Gasteiger partial charge is 0.390 e. The first-order chi connectivity index (χ1) is 12.1. The van der Waals surface area contributed by atoms with Crippen LogP contribution in [0.25, 0.3) is 10.9 Å². The second-order valence-electron chi connectivity index (χ2n) is 6.68. The van der Waals surface area contributed by atoms with Gasteiger partial charge in [-0.15, -0.1) is 0 Å². The quantitative estimate of drug-likeness (QED) is 0.705. The van der Waals surface area contributed by atoms with Crippen molar-refractivity contribution in [3.63, 3.8) is 0 Å². The molecule has 1 fully saturated rings. The zero-order valence-electron chi connectivity index (χ0n) is 14.8. The molecule has 0 bridgehead atoms. The number of hydrogen-bond acceptors (Lipinski definition) is 4. The second kappa shape index (κ2) is 8.47. The van der Waals surface area contributed by atoms with E-state index < -0.39 is 6.10 Å². The van der Waals surface area contributed by atoms with Crippen molar-refractivity contribution < 1.29 is 14.6 Å². The smallest absolute Gasteiger partial charge is 0.220 e. The van der Waals surface area contributed by atoms with Gasteiger partial charge in [-0.25, -0.2) is 0 Å². The molecule has 25 heavy (non-hydrogen) atoms. The third kappa shape index (κ3) is 4.81. The summed E-state index contributed by atoms with van der Waals surface area (Å²) < 4.78 is 5.29. The lowest BCUT2D eigenvalue weighted by Gasteiger charge is -2.28. The number of carbonyl (C=O) groups is 1. The minimum Gasteiger partial charge on any atom is -0.390 e. The number of carbonyl (C=O) groups excluding carboxylic acids is 1. The fraction of sp³-hybridized carbons (Fsp3) is 0.526. The van der Waals surface area contributed by atoms with Gasteiger partial charge in [0.05, 0.1) is 19.3 Å². The second-order valence-corrected chi connectivity index (χ2v) is 6.68. The van der Waals surface area contributed by atoms with Crippen LogP contribution in [0.4, 0.5) is 0 Å². The number of morpholine rings is 1. The molecular weight excluding hydrogens is 318 g/mol. The highest BCUT2D eigenvalue weighted by atomic mass is 16.5. The van der Waals surface area contributed by atoms with Crippen LogP contribution < -0.4 is 5.32 Å². The Labute approximate surface area is 148 Å². The Bertz CT molecular complexity index is 707. The molecule has 1 unspecified atom stereocenters. The van der Waals surface area contributed by atoms with Gasteiger partial charge in [-0.2, -0.15) is 0 Å². The summed E-state index contributed by atoms with van der Waals surface area (Å²) in [5.41, 5.74) is 3.50. The van der Waals surface area contributed by atoms with E-state index in [-0.39, 0.29) is 5.91 Å². The standard InChI is InChI=1S/C19H27N3O3/c1-14-3-2-4-17-15(11-21-19(14)17)5-6-18(24)20-12-16(23)13-22-7-9-25-10-8-22/h2-4,11,16,21,23H,5-10,12-13H2,1H3,(H,20,24). The molecule has 0 spiro atoms. The van der Waals surface area contributed by atoms with Gasteiger partial charge in [0, 0.05) is 49.7 Å². The van der Waals surface area contributed by atoms with Crippen molar-refractivity contribution in [3.8, 4) is 0 Å². The molecule has 1 saturated heterocycles. The van der Waals surface area contributed by atoms with Gasteiger partial charge in [0.2, 0.25) is 5.91 Å². The Morgan fingerprint density at radius 3 is 3.00 bits per heavy atom. The molecule has 6 heteroatoms. The van der Waals surface area contributed by atoms with Gasteiger partial charge in [-0.1, -0.05) is 18.2 Å². The van der Waals surface area contributed by atoms with Gasteiger partial charge in [-0.3, -0.25) is 9.69 Å². The minimum atomic E-state index is -0.544. The van der Waals surface area contributed by atoms with E-state index in [1.165, 1.54) is 10.9 Å². The number of amides is 1. The number of para-hydroxylation sites is 1. The summed E-state index contributed by atoms with van der Waals surface area (Å²) in [7, 11) is 0. The van der Waals surface area contributed by atoms with Gasteiger partial charge in [0.15, 0.2) is 0 Å². The molecule has 6 nitrogen and oxygen atoms in total. The normalized spacial score (nSPS) is 16.9. The van der Waals surface area contributed by atoms with Crippen molar-refractivity contribution in [1.82, 2.24) is 15.2 Å². The predicted octanol–water partition coefficient (Wildman–Crippen LogP) is 1.22. The highest BCUT2D eigenvalue weighted by Crippen LogP contribution is 2.22. The molecule has 3 rings (SSSR count). The Balaban J connectivity index is 1.42. The van der Waals surface area contributed by atoms with E-state index in [1.807, 2.05) is 12.3 Å². The lowest BCUT2D eigenvalue weighted by molar-refractivity contribution is -0.121. The number of benzene rings is 1. The Morgan fingerprint density at radius 1 is 1.40 bits per heavy atom. The summed E-state index contributed by atoms with van der Waals surface area (Å²) in [5.74, 6) is -0.0250. The Morgan fingerprint density at radius 2 is 2.20 bits per heavy atom. The van der Waals surface area contributed by atoms with Crippen LogP contribution in [0.2, 0.25) is 0 Å². The number of hydrogen-bond donors (Lipinski definition) is 3. The molecular formula is C19H27N3O3. The number of nitrogens with zero attached hydrogens (tertiary/aromatic N) is 1. The maximum atomic E-state index is 12.1. The molecule has 136 valence electrons. The van der Waals surface area contributed by atoms with Crippen LogP contribution >= 0.6 is 0 Å². The maximum Gasteiger partial charge on any atom is 0.220 e. The molecule has 1 aromatic heterocycles. The molecule has 1 atom stereocenters. The molecule has 2 heterocycles. The number of H-pyrrole nitrogens is 1. The molecule has 0 aliphatic carbocycles. The molecule has 3 N–H and O–H groups in total. The molecule has 2 aromatic rings. The van der Waals surface area contributed by atoms with Crippen molar-refractivity contribution >= 4 is 16.8 Å². The number of rotatable bonds is 7. The zero-order chi connectivity index (χ0) is 17.6. The van der Waals surface area contributed by atoms with E-state index in [0.717, 1.165) is 24.2 Å². The van der Waals surface area contributed by atoms with Crippen LogP contribution in [0.5, 0.6) is 0 Å². The van der Waals surface area contributed by atoms with E-state index in [1.54, 1.807) is 0 Å². The van der Waals surface area contributed by atoms with Crippen molar-refractivity contribution in [1.29, 1.82) is 0 Å². The highest BCUT2D eigenvalue weighted by molar-refractivity contribution is 5.86. The summed E-state index contributed by atoms with van der Waals surface area (Å²) in [4.78, 5) is 17.5. The van der Waals surface area contributed by atoms with Crippen molar-refractivity contribution in [2.75, 3.05) is 39.4 Å². The number of β-amino-alcohol motifs (C(OH)–C–C–N with tert-alkyl or cyclic N) is 1. The number of aliphatic hydroxyl groups is 1. The number of nitrogens with one attached hydrogen (secondary N) is 2. The fourth-order valence-electron chi connectivity index (χ4n) is 3.29. The van der Waals surface area contributed by atoms with Crippen molar-refractivity contribution in [2.24, 2.45) is 0 Å². The molecule has 1 aromatic carbocycles. The third-order valence-corrected chi connectivity index (χ3v) is 4.74. The van der Waals surface area contributed by atoms with Gasteiger partial charge in [-0.05, 0) is 24.5 Å². The summed E-state index contributed by atoms with van der Waals surface area (Å²) in [6, 6.07) is 6.19. The number of fused-ring (bicyclic) bond motifs is 1. The fourth-order valence-corrected chi connectivity index (χ4v) is 3.29.